The van der Waals surface area contributed by atoms with Crippen LogP contribution in [0.15, 0.2) is 54.6 Å². The van der Waals surface area contributed by atoms with Gasteiger partial charge in [0.2, 0.25) is 5.91 Å². The molecule has 2 aromatic carbocycles. The van der Waals surface area contributed by atoms with Crippen molar-refractivity contribution in [2.24, 2.45) is 5.73 Å². The molecule has 4 nitrogen and oxygen atoms in total. The number of benzene rings is 2. The number of amides is 1. The Bertz CT molecular complexity index is 714. The second-order valence-corrected chi connectivity index (χ2v) is 6.39. The molecule has 0 saturated carbocycles. The molecule has 3 rings (SSSR count). The Balaban J connectivity index is 0.00000243. The summed E-state index contributed by atoms with van der Waals surface area (Å²) in [4.78, 5) is 14.2. The minimum Gasteiger partial charge on any atom is -0.493 e. The highest BCUT2D eigenvalue weighted by Gasteiger charge is 2.33. The maximum atomic E-state index is 13.1. The van der Waals surface area contributed by atoms with Crippen LogP contribution in [0.1, 0.15) is 24.3 Å². The van der Waals surface area contributed by atoms with Gasteiger partial charge in [0.25, 0.3) is 0 Å². The SMILES string of the molecule is Cl.N[C@@H]1CN(C(=O)CCCOc2cccc(F)c2)C[C@H]1c1ccccc1. The van der Waals surface area contributed by atoms with E-state index in [0.717, 1.165) is 0 Å². The van der Waals surface area contributed by atoms with Crippen LogP contribution in [0.5, 0.6) is 5.75 Å². The summed E-state index contributed by atoms with van der Waals surface area (Å²) in [6.07, 6.45) is 1.00. The Labute approximate surface area is 159 Å². The number of nitrogens with zero attached hydrogens (tertiary/aromatic N) is 1. The monoisotopic (exact) mass is 378 g/mol. The first-order chi connectivity index (χ1) is 12.1. The van der Waals surface area contributed by atoms with E-state index in [1.54, 1.807) is 12.1 Å². The van der Waals surface area contributed by atoms with E-state index in [0.29, 0.717) is 38.3 Å². The summed E-state index contributed by atoms with van der Waals surface area (Å²) in [6, 6.07) is 16.1. The molecular weight excluding hydrogens is 355 g/mol. The molecule has 1 aliphatic heterocycles. The predicted molar refractivity (Wildman–Crippen MR) is 102 cm³/mol. The first-order valence-corrected chi connectivity index (χ1v) is 8.60. The number of nitrogens with two attached hydrogens (primary N) is 1. The van der Waals surface area contributed by atoms with Gasteiger partial charge in [0.15, 0.2) is 0 Å². The van der Waals surface area contributed by atoms with Gasteiger partial charge in [-0.3, -0.25) is 4.79 Å². The Morgan fingerprint density at radius 1 is 1.15 bits per heavy atom. The summed E-state index contributed by atoms with van der Waals surface area (Å²) in [5, 5.41) is 0. The molecule has 2 N–H and O–H groups in total. The molecule has 0 radical (unpaired) electrons. The first-order valence-electron chi connectivity index (χ1n) is 8.60. The topological polar surface area (TPSA) is 55.6 Å². The Morgan fingerprint density at radius 2 is 1.92 bits per heavy atom. The van der Waals surface area contributed by atoms with Crippen LogP contribution in [-0.4, -0.2) is 36.5 Å². The van der Waals surface area contributed by atoms with E-state index in [-0.39, 0.29) is 36.1 Å². The van der Waals surface area contributed by atoms with Gasteiger partial charge >= 0.3 is 0 Å². The van der Waals surface area contributed by atoms with Gasteiger partial charge in [-0.25, -0.2) is 4.39 Å². The molecule has 1 heterocycles. The van der Waals surface area contributed by atoms with Gasteiger partial charge in [-0.2, -0.15) is 0 Å². The molecule has 1 amide bonds. The van der Waals surface area contributed by atoms with Crippen LogP contribution < -0.4 is 10.5 Å². The highest BCUT2D eigenvalue weighted by molar-refractivity contribution is 5.85. The zero-order valence-corrected chi connectivity index (χ0v) is 15.3. The summed E-state index contributed by atoms with van der Waals surface area (Å²) >= 11 is 0. The number of carbonyl (C=O) groups is 1. The highest BCUT2D eigenvalue weighted by atomic mass is 35.5. The molecule has 6 heteroatoms. The fourth-order valence-electron chi connectivity index (χ4n) is 3.21. The third-order valence-electron chi connectivity index (χ3n) is 4.55. The third-order valence-corrected chi connectivity index (χ3v) is 4.55. The molecule has 0 aliphatic carbocycles. The summed E-state index contributed by atoms with van der Waals surface area (Å²) in [5.41, 5.74) is 7.41. The Hall–Kier alpha value is -2.11. The minimum absolute atomic E-state index is 0. The molecule has 0 spiro atoms. The fraction of sp³-hybridized carbons (Fsp3) is 0.350. The van der Waals surface area contributed by atoms with Crippen LogP contribution >= 0.6 is 12.4 Å². The lowest BCUT2D eigenvalue weighted by molar-refractivity contribution is -0.130. The van der Waals surface area contributed by atoms with Crippen molar-refractivity contribution in [2.75, 3.05) is 19.7 Å². The average Bonchev–Trinajstić information content (AvgIpc) is 3.01. The summed E-state index contributed by atoms with van der Waals surface area (Å²) in [5.74, 6) is 0.441. The number of halogens is 2. The van der Waals surface area contributed by atoms with Crippen molar-refractivity contribution in [3.05, 3.63) is 66.0 Å². The van der Waals surface area contributed by atoms with E-state index >= 15 is 0 Å². The van der Waals surface area contributed by atoms with E-state index in [1.165, 1.54) is 17.7 Å². The largest absolute Gasteiger partial charge is 0.493 e. The second-order valence-electron chi connectivity index (χ2n) is 6.39. The predicted octanol–water partition coefficient (Wildman–Crippen LogP) is 3.36. The van der Waals surface area contributed by atoms with Gasteiger partial charge < -0.3 is 15.4 Å². The van der Waals surface area contributed by atoms with Crippen LogP contribution in [0.25, 0.3) is 0 Å². The fourth-order valence-corrected chi connectivity index (χ4v) is 3.21. The quantitative estimate of drug-likeness (QED) is 0.784. The zero-order chi connectivity index (χ0) is 17.6. The Morgan fingerprint density at radius 3 is 2.65 bits per heavy atom. The normalized spacial score (nSPS) is 19.1. The first kappa shape index (κ1) is 20.2. The molecule has 2 aromatic rings. The highest BCUT2D eigenvalue weighted by Crippen LogP contribution is 2.26. The molecule has 1 aliphatic rings. The molecule has 0 aromatic heterocycles. The van der Waals surface area contributed by atoms with Gasteiger partial charge in [0.1, 0.15) is 11.6 Å². The van der Waals surface area contributed by atoms with Crippen LogP contribution in [0.2, 0.25) is 0 Å². The average molecular weight is 379 g/mol. The molecule has 1 saturated heterocycles. The molecule has 2 atom stereocenters. The number of ether oxygens (including phenoxy) is 1. The van der Waals surface area contributed by atoms with Crippen molar-refractivity contribution in [1.29, 1.82) is 0 Å². The van der Waals surface area contributed by atoms with Gasteiger partial charge in [-0.1, -0.05) is 36.4 Å². The molecule has 26 heavy (non-hydrogen) atoms. The van der Waals surface area contributed by atoms with E-state index in [2.05, 4.69) is 12.1 Å². The van der Waals surface area contributed by atoms with Crippen molar-refractivity contribution < 1.29 is 13.9 Å². The number of hydrogen-bond acceptors (Lipinski definition) is 3. The van der Waals surface area contributed by atoms with E-state index < -0.39 is 0 Å². The van der Waals surface area contributed by atoms with E-state index in [9.17, 15) is 9.18 Å². The summed E-state index contributed by atoms with van der Waals surface area (Å²) in [6.45, 7) is 1.63. The Kier molecular flexibility index (Phi) is 7.42. The third kappa shape index (κ3) is 5.19. The number of rotatable bonds is 6. The van der Waals surface area contributed by atoms with Crippen molar-refractivity contribution in [1.82, 2.24) is 4.90 Å². The summed E-state index contributed by atoms with van der Waals surface area (Å²) in [7, 11) is 0. The maximum Gasteiger partial charge on any atom is 0.222 e. The van der Waals surface area contributed by atoms with Crippen molar-refractivity contribution in [2.45, 2.75) is 24.8 Å². The van der Waals surface area contributed by atoms with Gasteiger partial charge in [0.05, 0.1) is 6.61 Å². The van der Waals surface area contributed by atoms with Gasteiger partial charge in [0, 0.05) is 37.5 Å². The summed E-state index contributed by atoms with van der Waals surface area (Å²) < 4.78 is 18.5. The van der Waals surface area contributed by atoms with Gasteiger partial charge in [-0.15, -0.1) is 12.4 Å². The minimum atomic E-state index is -0.327. The van der Waals surface area contributed by atoms with Gasteiger partial charge in [-0.05, 0) is 24.1 Å². The standard InChI is InChI=1S/C20H23FN2O2.ClH/c21-16-8-4-9-17(12-16)25-11-5-10-20(24)23-13-18(19(22)14-23)15-6-2-1-3-7-15;/h1-4,6-9,12,18-19H,5,10-11,13-14,22H2;1H/t18-,19+;/m0./s1. The second kappa shape index (κ2) is 9.55. The molecule has 1 fully saturated rings. The molecule has 140 valence electrons. The number of likely N-dealkylation sites (tertiary alicyclic amines) is 1. The molecular formula is C20H24ClFN2O2. The lowest BCUT2D eigenvalue weighted by Crippen LogP contribution is -2.32. The van der Waals surface area contributed by atoms with Crippen LogP contribution in [0.3, 0.4) is 0 Å². The number of carbonyl (C=O) groups excluding carboxylic acids is 1. The zero-order valence-electron chi connectivity index (χ0n) is 14.5. The maximum absolute atomic E-state index is 13.1. The van der Waals surface area contributed by atoms with Crippen molar-refractivity contribution in [3.8, 4) is 5.75 Å². The van der Waals surface area contributed by atoms with Crippen LogP contribution in [0.4, 0.5) is 4.39 Å². The van der Waals surface area contributed by atoms with Crippen molar-refractivity contribution in [3.63, 3.8) is 0 Å². The molecule has 0 unspecified atom stereocenters. The lowest BCUT2D eigenvalue weighted by Gasteiger charge is -2.16. The molecule has 0 bridgehead atoms. The smallest absolute Gasteiger partial charge is 0.222 e. The lowest BCUT2D eigenvalue weighted by atomic mass is 9.95. The van der Waals surface area contributed by atoms with Crippen molar-refractivity contribution >= 4 is 18.3 Å². The van der Waals surface area contributed by atoms with Crippen LogP contribution in [0, 0.1) is 5.82 Å². The number of hydrogen-bond donors (Lipinski definition) is 1. The van der Waals surface area contributed by atoms with E-state index in [1.807, 2.05) is 23.1 Å². The van der Waals surface area contributed by atoms with E-state index in [4.69, 9.17) is 10.5 Å². The van der Waals surface area contributed by atoms with Crippen LogP contribution in [-0.2, 0) is 4.79 Å².